The van der Waals surface area contributed by atoms with Crippen LogP contribution in [0.4, 0.5) is 13.2 Å². The third-order valence-corrected chi connectivity index (χ3v) is 4.50. The maximum absolute atomic E-state index is 12.9. The molecule has 1 aliphatic rings. The van der Waals surface area contributed by atoms with Gasteiger partial charge in [0.1, 0.15) is 11.6 Å². The van der Waals surface area contributed by atoms with Crippen molar-refractivity contribution in [1.29, 1.82) is 0 Å². The first kappa shape index (κ1) is 16.7. The quantitative estimate of drug-likeness (QED) is 0.743. The van der Waals surface area contributed by atoms with Gasteiger partial charge in [-0.05, 0) is 19.3 Å². The number of alkyl halides is 4. The third-order valence-electron chi connectivity index (χ3n) is 4.00. The van der Waals surface area contributed by atoms with Crippen molar-refractivity contribution in [3.8, 4) is 0 Å². The van der Waals surface area contributed by atoms with Crippen molar-refractivity contribution in [3.05, 3.63) is 11.6 Å². The maximum atomic E-state index is 12.9. The molecule has 0 bridgehead atoms. The first-order valence-corrected chi connectivity index (χ1v) is 8.13. The second-order valence-corrected chi connectivity index (χ2v) is 5.92. The topological polar surface area (TPSA) is 39.9 Å². The lowest BCUT2D eigenvalue weighted by atomic mass is 9.80. The normalized spacial score (nSPS) is 23.5. The van der Waals surface area contributed by atoms with Gasteiger partial charge in [0.15, 0.2) is 0 Å². The van der Waals surface area contributed by atoms with Crippen molar-refractivity contribution in [2.45, 2.75) is 49.7 Å². The highest BCUT2D eigenvalue weighted by molar-refractivity contribution is 9.08. The van der Waals surface area contributed by atoms with Crippen molar-refractivity contribution in [2.24, 2.45) is 5.92 Å². The monoisotopic (exact) mass is 369 g/mol. The van der Waals surface area contributed by atoms with Gasteiger partial charge in [0.2, 0.25) is 0 Å². The Morgan fingerprint density at radius 2 is 2.10 bits per heavy atom. The molecule has 1 heterocycles. The van der Waals surface area contributed by atoms with Crippen molar-refractivity contribution >= 4 is 15.9 Å². The molecule has 1 aromatic rings. The number of halogens is 4. The molecule has 1 fully saturated rings. The van der Waals surface area contributed by atoms with Gasteiger partial charge in [-0.15, -0.1) is 10.2 Å². The molecule has 2 rings (SSSR count). The van der Waals surface area contributed by atoms with Gasteiger partial charge >= 0.3 is 6.18 Å². The Labute approximate surface area is 130 Å². The molecule has 1 saturated carbocycles. The minimum absolute atomic E-state index is 0.108. The minimum atomic E-state index is -4.12. The molecule has 21 heavy (non-hydrogen) atoms. The number of hydrogen-bond donors (Lipinski definition) is 0. The Balaban J connectivity index is 2.18. The van der Waals surface area contributed by atoms with Crippen molar-refractivity contribution in [1.82, 2.24) is 14.8 Å². The highest BCUT2D eigenvalue weighted by Crippen LogP contribution is 2.43. The molecule has 0 amide bonds. The summed E-state index contributed by atoms with van der Waals surface area (Å²) in [4.78, 5) is 0. The summed E-state index contributed by atoms with van der Waals surface area (Å²) in [5, 5.41) is 8.75. The zero-order chi connectivity index (χ0) is 15.5. The van der Waals surface area contributed by atoms with Crippen LogP contribution in [0.3, 0.4) is 0 Å². The second kappa shape index (κ2) is 7.09. The third kappa shape index (κ3) is 3.97. The molecule has 4 nitrogen and oxygen atoms in total. The zero-order valence-electron chi connectivity index (χ0n) is 11.9. The van der Waals surface area contributed by atoms with Crippen LogP contribution in [0.5, 0.6) is 0 Å². The lowest BCUT2D eigenvalue weighted by Crippen LogP contribution is -2.29. The molecule has 0 aliphatic heterocycles. The highest BCUT2D eigenvalue weighted by Gasteiger charge is 2.43. The molecule has 0 saturated heterocycles. The lowest BCUT2D eigenvalue weighted by Gasteiger charge is -2.30. The van der Waals surface area contributed by atoms with E-state index in [-0.39, 0.29) is 18.8 Å². The van der Waals surface area contributed by atoms with Gasteiger partial charge in [0.05, 0.1) is 17.9 Å². The van der Waals surface area contributed by atoms with Crippen LogP contribution in [-0.2, 0) is 16.6 Å². The van der Waals surface area contributed by atoms with E-state index in [2.05, 4.69) is 26.1 Å². The summed E-state index contributed by atoms with van der Waals surface area (Å²) in [6, 6.07) is 0. The van der Waals surface area contributed by atoms with Crippen molar-refractivity contribution < 1.29 is 17.9 Å². The summed E-state index contributed by atoms with van der Waals surface area (Å²) in [6.07, 6.45) is -2.47. The SMILES string of the molecule is COCCn1c(CBr)nnc1C1CCCC(C(F)(F)F)C1. The number of nitrogens with zero attached hydrogens (tertiary/aromatic N) is 3. The molecule has 2 atom stereocenters. The average molecular weight is 370 g/mol. The van der Waals surface area contributed by atoms with Gasteiger partial charge in [-0.25, -0.2) is 0 Å². The van der Waals surface area contributed by atoms with E-state index < -0.39 is 12.1 Å². The van der Waals surface area contributed by atoms with E-state index in [1.165, 1.54) is 0 Å². The Bertz CT molecular complexity index is 464. The Morgan fingerprint density at radius 3 is 2.71 bits per heavy atom. The Kier molecular flexibility index (Phi) is 5.65. The maximum Gasteiger partial charge on any atom is 0.391 e. The fourth-order valence-electron chi connectivity index (χ4n) is 2.90. The van der Waals surface area contributed by atoms with Gasteiger partial charge in [0.25, 0.3) is 0 Å². The average Bonchev–Trinajstić information content (AvgIpc) is 2.87. The minimum Gasteiger partial charge on any atom is -0.383 e. The van der Waals surface area contributed by atoms with Crippen LogP contribution in [-0.4, -0.2) is 34.7 Å². The predicted molar refractivity (Wildman–Crippen MR) is 75.3 cm³/mol. The molecule has 0 radical (unpaired) electrons. The lowest BCUT2D eigenvalue weighted by molar-refractivity contribution is -0.183. The van der Waals surface area contributed by atoms with Crippen LogP contribution in [0.2, 0.25) is 0 Å². The van der Waals surface area contributed by atoms with E-state index in [1.807, 2.05) is 4.57 Å². The molecule has 1 aromatic heterocycles. The van der Waals surface area contributed by atoms with Gasteiger partial charge in [-0.1, -0.05) is 22.4 Å². The predicted octanol–water partition coefficient (Wildman–Crippen LogP) is 3.66. The number of ether oxygens (including phenoxy) is 1. The molecule has 0 N–H and O–H groups in total. The van der Waals surface area contributed by atoms with E-state index >= 15 is 0 Å². The summed E-state index contributed by atoms with van der Waals surface area (Å²) in [5.41, 5.74) is 0. The molecular weight excluding hydrogens is 351 g/mol. The van der Waals surface area contributed by atoms with Gasteiger partial charge < -0.3 is 9.30 Å². The number of methoxy groups -OCH3 is 1. The van der Waals surface area contributed by atoms with Crippen LogP contribution < -0.4 is 0 Å². The van der Waals surface area contributed by atoms with Crippen LogP contribution >= 0.6 is 15.9 Å². The van der Waals surface area contributed by atoms with E-state index in [1.54, 1.807) is 7.11 Å². The number of rotatable bonds is 5. The summed E-state index contributed by atoms with van der Waals surface area (Å²) >= 11 is 3.34. The Hall–Kier alpha value is -0.630. The van der Waals surface area contributed by atoms with Crippen LogP contribution in [0, 0.1) is 5.92 Å². The smallest absolute Gasteiger partial charge is 0.383 e. The van der Waals surface area contributed by atoms with E-state index in [9.17, 15) is 13.2 Å². The Morgan fingerprint density at radius 1 is 1.33 bits per heavy atom. The molecule has 120 valence electrons. The van der Waals surface area contributed by atoms with E-state index in [4.69, 9.17) is 4.74 Å². The van der Waals surface area contributed by atoms with Crippen LogP contribution in [0.1, 0.15) is 43.3 Å². The highest BCUT2D eigenvalue weighted by atomic mass is 79.9. The van der Waals surface area contributed by atoms with Crippen molar-refractivity contribution in [3.63, 3.8) is 0 Å². The van der Waals surface area contributed by atoms with Crippen molar-refractivity contribution in [2.75, 3.05) is 13.7 Å². The first-order valence-electron chi connectivity index (χ1n) is 7.01. The summed E-state index contributed by atoms with van der Waals surface area (Å²) < 4.78 is 45.8. The summed E-state index contributed by atoms with van der Waals surface area (Å²) in [6.45, 7) is 1.05. The summed E-state index contributed by atoms with van der Waals surface area (Å²) in [7, 11) is 1.60. The largest absolute Gasteiger partial charge is 0.391 e. The molecule has 8 heteroatoms. The standard InChI is InChI=1S/C13H19BrF3N3O/c1-21-6-5-20-11(8-14)18-19-12(20)9-3-2-4-10(7-9)13(15,16)17/h9-10H,2-8H2,1H3. The molecule has 1 aliphatic carbocycles. The first-order chi connectivity index (χ1) is 9.97. The van der Waals surface area contributed by atoms with Gasteiger partial charge in [-0.2, -0.15) is 13.2 Å². The molecule has 0 spiro atoms. The number of aromatic nitrogens is 3. The molecule has 0 aromatic carbocycles. The zero-order valence-corrected chi connectivity index (χ0v) is 13.5. The van der Waals surface area contributed by atoms with Crippen LogP contribution in [0.15, 0.2) is 0 Å². The van der Waals surface area contributed by atoms with Crippen LogP contribution in [0.25, 0.3) is 0 Å². The fourth-order valence-corrected chi connectivity index (χ4v) is 3.31. The van der Waals surface area contributed by atoms with E-state index in [0.717, 1.165) is 12.2 Å². The summed E-state index contributed by atoms with van der Waals surface area (Å²) in [5.74, 6) is -0.00888. The fraction of sp³-hybridized carbons (Fsp3) is 0.846. The second-order valence-electron chi connectivity index (χ2n) is 5.35. The number of hydrogen-bond acceptors (Lipinski definition) is 3. The van der Waals surface area contributed by atoms with Gasteiger partial charge in [-0.3, -0.25) is 0 Å². The van der Waals surface area contributed by atoms with Gasteiger partial charge in [0, 0.05) is 19.6 Å². The molecular formula is C13H19BrF3N3O. The van der Waals surface area contributed by atoms with E-state index in [0.29, 0.717) is 30.7 Å². The molecule has 2 unspecified atom stereocenters.